The van der Waals surface area contributed by atoms with Gasteiger partial charge < -0.3 is 30.1 Å². The molecule has 0 saturated heterocycles. The Bertz CT molecular complexity index is 1510. The van der Waals surface area contributed by atoms with E-state index in [1.165, 1.54) is 23.5 Å². The summed E-state index contributed by atoms with van der Waals surface area (Å²) >= 11 is 1.48. The summed E-state index contributed by atoms with van der Waals surface area (Å²) in [6.45, 7) is 0.576. The minimum absolute atomic E-state index is 0.0374. The van der Waals surface area contributed by atoms with E-state index in [-0.39, 0.29) is 23.7 Å². The monoisotopic (exact) mass is 564 g/mol. The van der Waals surface area contributed by atoms with Crippen LogP contribution in [0.1, 0.15) is 18.4 Å². The number of aliphatic hydroxyl groups excluding tert-OH is 1. The number of carbonyl (C=O) groups excluding carboxylic acids is 2. The quantitative estimate of drug-likeness (QED) is 0.232. The van der Waals surface area contributed by atoms with Gasteiger partial charge in [0, 0.05) is 55.1 Å². The average Bonchev–Trinajstić information content (AvgIpc) is 3.65. The Morgan fingerprint density at radius 2 is 1.93 bits per heavy atom. The molecule has 0 atom stereocenters. The molecule has 0 aliphatic heterocycles. The zero-order valence-electron chi connectivity index (χ0n) is 21.9. The van der Waals surface area contributed by atoms with Crippen molar-refractivity contribution in [3.63, 3.8) is 0 Å². The molecule has 9 nitrogen and oxygen atoms in total. The molecule has 0 spiro atoms. The van der Waals surface area contributed by atoms with Gasteiger partial charge in [-0.15, -0.1) is 11.3 Å². The maximum absolute atomic E-state index is 14.8. The maximum atomic E-state index is 14.8. The van der Waals surface area contributed by atoms with Crippen molar-refractivity contribution in [2.45, 2.75) is 25.4 Å². The van der Waals surface area contributed by atoms with E-state index in [4.69, 9.17) is 9.47 Å². The molecule has 2 heterocycles. The van der Waals surface area contributed by atoms with Gasteiger partial charge in [0.05, 0.1) is 16.8 Å². The van der Waals surface area contributed by atoms with Gasteiger partial charge in [0.15, 0.2) is 11.6 Å². The fraction of sp³-hybridized carbons (Fsp3) is 0.276. The molecule has 5 rings (SSSR count). The second-order valence-corrected chi connectivity index (χ2v) is 10.5. The van der Waals surface area contributed by atoms with Crippen LogP contribution in [-0.4, -0.2) is 59.8 Å². The van der Waals surface area contributed by atoms with Crippen LogP contribution in [0.2, 0.25) is 0 Å². The number of anilines is 1. The van der Waals surface area contributed by atoms with Crippen LogP contribution in [0.4, 0.5) is 14.9 Å². The number of thiophene rings is 1. The summed E-state index contributed by atoms with van der Waals surface area (Å²) < 4.78 is 26.6. The number of urea groups is 1. The lowest BCUT2D eigenvalue weighted by molar-refractivity contribution is -0.135. The van der Waals surface area contributed by atoms with Crippen LogP contribution >= 0.6 is 11.3 Å². The van der Waals surface area contributed by atoms with Crippen molar-refractivity contribution in [3.8, 4) is 21.9 Å². The molecular weight excluding hydrogens is 535 g/mol. The molecular formula is C29H29FN4O5S. The van der Waals surface area contributed by atoms with Gasteiger partial charge in [-0.25, -0.2) is 9.18 Å². The molecule has 1 aliphatic carbocycles. The molecule has 3 amide bonds. The number of ether oxygens (including phenoxy) is 2. The Balaban J connectivity index is 1.30. The topological polar surface area (TPSA) is 113 Å². The fourth-order valence-corrected chi connectivity index (χ4v) is 5.16. The fourth-order valence-electron chi connectivity index (χ4n) is 4.09. The average molecular weight is 565 g/mol. The molecule has 4 aromatic rings. The number of fused-ring (bicyclic) bond motifs is 1. The molecule has 1 aliphatic rings. The predicted molar refractivity (Wildman–Crippen MR) is 151 cm³/mol. The minimum Gasteiger partial charge on any atom is -0.453 e. The molecule has 1 fully saturated rings. The summed E-state index contributed by atoms with van der Waals surface area (Å²) in [5.74, 6) is -0.443. The van der Waals surface area contributed by atoms with Gasteiger partial charge >= 0.3 is 6.03 Å². The minimum atomic E-state index is -0.597. The van der Waals surface area contributed by atoms with Crippen molar-refractivity contribution in [3.05, 3.63) is 72.2 Å². The number of pyridine rings is 1. The van der Waals surface area contributed by atoms with Crippen molar-refractivity contribution in [2.75, 3.05) is 32.2 Å². The highest BCUT2D eigenvalue weighted by Crippen LogP contribution is 2.40. The van der Waals surface area contributed by atoms with Crippen molar-refractivity contribution >= 4 is 39.2 Å². The van der Waals surface area contributed by atoms with Crippen LogP contribution in [-0.2, 0) is 16.1 Å². The highest BCUT2D eigenvalue weighted by molar-refractivity contribution is 7.22. The first-order chi connectivity index (χ1) is 19.4. The Morgan fingerprint density at radius 1 is 1.12 bits per heavy atom. The van der Waals surface area contributed by atoms with Crippen LogP contribution in [0.25, 0.3) is 20.7 Å². The maximum Gasteiger partial charge on any atom is 0.319 e. The smallest absolute Gasteiger partial charge is 0.319 e. The molecule has 0 bridgehead atoms. The van der Waals surface area contributed by atoms with Crippen LogP contribution in [0.3, 0.4) is 0 Å². The number of rotatable bonds is 11. The number of nitrogens with zero attached hydrogens (tertiary/aromatic N) is 2. The summed E-state index contributed by atoms with van der Waals surface area (Å²) in [5, 5.41) is 14.7. The summed E-state index contributed by atoms with van der Waals surface area (Å²) in [7, 11) is 1.56. The first-order valence-electron chi connectivity index (χ1n) is 12.8. The lowest BCUT2D eigenvalue weighted by Gasteiger charge is -2.21. The number of hydrogen-bond donors (Lipinski definition) is 3. The number of benzene rings is 2. The van der Waals surface area contributed by atoms with E-state index in [0.717, 1.165) is 39.1 Å². The third-order valence-electron chi connectivity index (χ3n) is 6.36. The van der Waals surface area contributed by atoms with E-state index < -0.39 is 12.4 Å². The van der Waals surface area contributed by atoms with Crippen molar-refractivity contribution in [2.24, 2.45) is 0 Å². The van der Waals surface area contributed by atoms with E-state index in [0.29, 0.717) is 31.1 Å². The number of amides is 3. The number of aromatic nitrogens is 1. The first kappa shape index (κ1) is 27.5. The molecule has 0 radical (unpaired) electrons. The van der Waals surface area contributed by atoms with Gasteiger partial charge in [-0.1, -0.05) is 24.3 Å². The highest BCUT2D eigenvalue weighted by Gasteiger charge is 2.23. The third kappa shape index (κ3) is 6.74. The van der Waals surface area contributed by atoms with Crippen molar-refractivity contribution in [1.82, 2.24) is 15.2 Å². The van der Waals surface area contributed by atoms with E-state index in [2.05, 4.69) is 15.6 Å². The summed E-state index contributed by atoms with van der Waals surface area (Å²) in [4.78, 5) is 30.9. The van der Waals surface area contributed by atoms with Crippen LogP contribution in [0.15, 0.2) is 60.8 Å². The summed E-state index contributed by atoms with van der Waals surface area (Å²) in [6, 6.07) is 15.6. The van der Waals surface area contributed by atoms with E-state index in [1.54, 1.807) is 30.3 Å². The van der Waals surface area contributed by atoms with Gasteiger partial charge in [-0.05, 0) is 42.2 Å². The number of halogens is 1. The number of hydrogen-bond acceptors (Lipinski definition) is 7. The number of carbonyl (C=O) groups is 2. The SMILES string of the molecule is COCCN(Cc1ccc(-c2cc3nccc(Oc4ccc(NC(=O)NC5CC5)cc4F)c3s2)cc1)C(=O)CO. The Morgan fingerprint density at radius 3 is 2.62 bits per heavy atom. The van der Waals surface area contributed by atoms with E-state index >= 15 is 0 Å². The third-order valence-corrected chi connectivity index (χ3v) is 7.55. The Labute approximate surface area is 234 Å². The van der Waals surface area contributed by atoms with Gasteiger partial charge in [0.1, 0.15) is 12.4 Å². The van der Waals surface area contributed by atoms with Gasteiger partial charge in [-0.2, -0.15) is 0 Å². The number of aliphatic hydroxyl groups is 1. The molecule has 11 heteroatoms. The second-order valence-electron chi connectivity index (χ2n) is 9.42. The van der Waals surface area contributed by atoms with Gasteiger partial charge in [-0.3, -0.25) is 9.78 Å². The van der Waals surface area contributed by atoms with Crippen molar-refractivity contribution < 1.29 is 28.6 Å². The Hall–Kier alpha value is -4.06. The van der Waals surface area contributed by atoms with E-state index in [9.17, 15) is 19.1 Å². The van der Waals surface area contributed by atoms with Gasteiger partial charge in [0.25, 0.3) is 0 Å². The number of nitrogens with one attached hydrogen (secondary N) is 2. The summed E-state index contributed by atoms with van der Waals surface area (Å²) in [6.07, 6.45) is 3.54. The predicted octanol–water partition coefficient (Wildman–Crippen LogP) is 5.15. The van der Waals surface area contributed by atoms with Crippen LogP contribution in [0.5, 0.6) is 11.5 Å². The zero-order valence-corrected chi connectivity index (χ0v) is 22.7. The lowest BCUT2D eigenvalue weighted by Crippen LogP contribution is -2.35. The zero-order chi connectivity index (χ0) is 28.1. The van der Waals surface area contributed by atoms with Crippen molar-refractivity contribution in [1.29, 1.82) is 0 Å². The molecule has 208 valence electrons. The second kappa shape index (κ2) is 12.4. The molecule has 3 N–H and O–H groups in total. The lowest BCUT2D eigenvalue weighted by atomic mass is 10.1. The van der Waals surface area contributed by atoms with E-state index in [1.807, 2.05) is 30.3 Å². The highest BCUT2D eigenvalue weighted by atomic mass is 32.1. The normalized spacial score (nSPS) is 12.8. The first-order valence-corrected chi connectivity index (χ1v) is 13.7. The standard InChI is InChI=1S/C29H29FN4O5S/c1-38-13-12-34(27(36)17-35)16-18-2-4-19(5-3-18)26-15-23-28(40-26)25(10-11-31-23)39-24-9-8-21(14-22(24)30)33-29(37)32-20-6-7-20/h2-5,8-11,14-15,20,35H,6-7,12-13,16-17H2,1H3,(H2,32,33,37). The van der Waals surface area contributed by atoms with Crippen LogP contribution in [0, 0.1) is 5.82 Å². The number of methoxy groups -OCH3 is 1. The molecule has 0 unspecified atom stereocenters. The van der Waals surface area contributed by atoms with Gasteiger partial charge in [0.2, 0.25) is 5.91 Å². The largest absolute Gasteiger partial charge is 0.453 e. The Kier molecular flexibility index (Phi) is 8.54. The molecule has 2 aromatic carbocycles. The molecule has 2 aromatic heterocycles. The summed E-state index contributed by atoms with van der Waals surface area (Å²) in [5.41, 5.74) is 2.94. The molecule has 1 saturated carbocycles. The molecule has 40 heavy (non-hydrogen) atoms. The van der Waals surface area contributed by atoms with Crippen LogP contribution < -0.4 is 15.4 Å².